The Kier molecular flexibility index (Phi) is 5.21. The normalized spacial score (nSPS) is 11.9. The molecule has 0 aliphatic heterocycles. The average Bonchev–Trinajstić information content (AvgIpc) is 2.95. The molecule has 0 aliphatic carbocycles. The fourth-order valence-corrected chi connectivity index (χ4v) is 4.60. The minimum atomic E-state index is -3.41. The molecule has 0 atom stereocenters. The molecule has 3 nitrogen and oxygen atoms in total. The van der Waals surface area contributed by atoms with Crippen LogP contribution in [-0.2, 0) is 22.3 Å². The van der Waals surface area contributed by atoms with E-state index < -0.39 is 10.0 Å². The van der Waals surface area contributed by atoms with Crippen LogP contribution in [0.5, 0.6) is 0 Å². The summed E-state index contributed by atoms with van der Waals surface area (Å²) in [5, 5.41) is 1.78. The molecule has 0 N–H and O–H groups in total. The van der Waals surface area contributed by atoms with Gasteiger partial charge in [-0.25, -0.2) is 8.42 Å². The number of rotatable bonds is 6. The van der Waals surface area contributed by atoms with Crippen LogP contribution in [-0.4, -0.2) is 26.3 Å². The van der Waals surface area contributed by atoms with Crippen LogP contribution in [0.15, 0.2) is 46.0 Å². The minimum Gasteiger partial charge on any atom is -0.206 e. The number of thiophene rings is 1. The van der Waals surface area contributed by atoms with Crippen LogP contribution in [0.2, 0.25) is 0 Å². The third-order valence-electron chi connectivity index (χ3n) is 3.01. The number of hydrogen-bond donors (Lipinski definition) is 0. The summed E-state index contributed by atoms with van der Waals surface area (Å²) in [5.74, 6) is 0.333. The predicted octanol–water partition coefficient (Wildman–Crippen LogP) is 3.35. The van der Waals surface area contributed by atoms with Gasteiger partial charge in [0.1, 0.15) is 4.21 Å². The van der Waals surface area contributed by atoms with Gasteiger partial charge in [-0.3, -0.25) is 0 Å². The Morgan fingerprint density at radius 2 is 1.90 bits per heavy atom. The van der Waals surface area contributed by atoms with E-state index in [1.54, 1.807) is 18.5 Å². The first-order valence-electron chi connectivity index (χ1n) is 6.17. The molecule has 1 aromatic heterocycles. The van der Waals surface area contributed by atoms with Crippen LogP contribution in [0.4, 0.5) is 0 Å². The lowest BCUT2D eigenvalue weighted by molar-refractivity contribution is 0.474. The predicted molar refractivity (Wildman–Crippen MR) is 83.8 cm³/mol. The third-order valence-corrected chi connectivity index (χ3v) is 6.64. The topological polar surface area (TPSA) is 37.4 Å². The summed E-state index contributed by atoms with van der Waals surface area (Å²) in [6.45, 7) is 0.459. The first kappa shape index (κ1) is 15.5. The Hall–Kier alpha value is -0.880. The molecule has 0 bridgehead atoms. The second-order valence-electron chi connectivity index (χ2n) is 4.47. The monoisotopic (exact) mass is 329 g/mol. The summed E-state index contributed by atoms with van der Waals surface area (Å²) >= 11 is 6.93. The first-order valence-corrected chi connectivity index (χ1v) is 9.03. The average molecular weight is 330 g/mol. The van der Waals surface area contributed by atoms with Crippen molar-refractivity contribution in [3.63, 3.8) is 0 Å². The summed E-state index contributed by atoms with van der Waals surface area (Å²) in [6, 6.07) is 11.5. The highest BCUT2D eigenvalue weighted by molar-refractivity contribution is 7.91. The van der Waals surface area contributed by atoms with Gasteiger partial charge >= 0.3 is 0 Å². The number of likely N-dealkylation sites (N-methyl/N-ethyl adjacent to an activating group) is 1. The van der Waals surface area contributed by atoms with E-state index in [1.807, 2.05) is 30.3 Å². The number of nitrogens with zero attached hydrogens (tertiary/aromatic N) is 1. The zero-order chi connectivity index (χ0) is 14.6. The van der Waals surface area contributed by atoms with Crippen LogP contribution in [0.25, 0.3) is 0 Å². The second kappa shape index (κ2) is 6.72. The summed E-state index contributed by atoms with van der Waals surface area (Å²) in [7, 11) is -1.80. The van der Waals surface area contributed by atoms with E-state index in [2.05, 4.69) is 0 Å². The number of hydrogen-bond acceptors (Lipinski definition) is 3. The lowest BCUT2D eigenvalue weighted by Gasteiger charge is -2.15. The van der Waals surface area contributed by atoms with Crippen molar-refractivity contribution < 1.29 is 8.42 Å². The van der Waals surface area contributed by atoms with Crippen molar-refractivity contribution in [2.45, 2.75) is 16.5 Å². The molecule has 20 heavy (non-hydrogen) atoms. The Balaban J connectivity index is 2.05. The van der Waals surface area contributed by atoms with Gasteiger partial charge in [0.25, 0.3) is 10.0 Å². The van der Waals surface area contributed by atoms with Gasteiger partial charge in [0.15, 0.2) is 0 Å². The maximum Gasteiger partial charge on any atom is 0.252 e. The van der Waals surface area contributed by atoms with Crippen molar-refractivity contribution in [2.24, 2.45) is 0 Å². The molecule has 6 heteroatoms. The van der Waals surface area contributed by atoms with Crippen LogP contribution in [0, 0.1) is 0 Å². The van der Waals surface area contributed by atoms with Crippen molar-refractivity contribution in [1.29, 1.82) is 0 Å². The lowest BCUT2D eigenvalue weighted by Crippen LogP contribution is -2.28. The molecular weight excluding hydrogens is 314 g/mol. The van der Waals surface area contributed by atoms with Crippen LogP contribution in [0.3, 0.4) is 0 Å². The maximum atomic E-state index is 12.4. The Bertz CT molecular complexity index is 653. The second-order valence-corrected chi connectivity index (χ2v) is 7.92. The van der Waals surface area contributed by atoms with Gasteiger partial charge in [-0.2, -0.15) is 4.31 Å². The number of alkyl halides is 1. The zero-order valence-electron chi connectivity index (χ0n) is 11.1. The molecule has 0 fully saturated rings. The van der Waals surface area contributed by atoms with Gasteiger partial charge in [-0.1, -0.05) is 30.3 Å². The summed E-state index contributed by atoms with van der Waals surface area (Å²) in [6.07, 6.45) is 0.699. The highest BCUT2D eigenvalue weighted by Crippen LogP contribution is 2.24. The SMILES string of the molecule is CN(CCc1ccccc1)S(=O)(=O)c1cc(CCl)cs1. The largest absolute Gasteiger partial charge is 0.252 e. The third kappa shape index (κ3) is 3.61. The van der Waals surface area contributed by atoms with Crippen molar-refractivity contribution in [2.75, 3.05) is 13.6 Å². The van der Waals surface area contributed by atoms with Gasteiger partial charge in [0, 0.05) is 19.5 Å². The molecule has 2 rings (SSSR count). The Labute approximate surface area is 128 Å². The van der Waals surface area contributed by atoms with Gasteiger partial charge in [-0.05, 0) is 29.0 Å². The van der Waals surface area contributed by atoms with Crippen molar-refractivity contribution in [1.82, 2.24) is 4.31 Å². The van der Waals surface area contributed by atoms with E-state index in [9.17, 15) is 8.42 Å². The molecule has 0 saturated carbocycles. The molecule has 108 valence electrons. The smallest absolute Gasteiger partial charge is 0.206 e. The standard InChI is InChI=1S/C14H16ClNO2S2/c1-16(8-7-12-5-3-2-4-6-12)20(17,18)14-9-13(10-15)11-19-14/h2-6,9,11H,7-8,10H2,1H3. The molecular formula is C14H16ClNO2S2. The van der Waals surface area contributed by atoms with Crippen molar-refractivity contribution in [3.05, 3.63) is 52.9 Å². The highest BCUT2D eigenvalue weighted by atomic mass is 35.5. The molecule has 0 saturated heterocycles. The van der Waals surface area contributed by atoms with E-state index in [0.717, 1.165) is 11.1 Å². The fourth-order valence-electron chi connectivity index (χ4n) is 1.76. The van der Waals surface area contributed by atoms with Crippen LogP contribution < -0.4 is 0 Å². The molecule has 0 radical (unpaired) electrons. The van der Waals surface area contributed by atoms with Crippen LogP contribution in [0.1, 0.15) is 11.1 Å². The van der Waals surface area contributed by atoms with Gasteiger partial charge in [0.05, 0.1) is 0 Å². The van der Waals surface area contributed by atoms with E-state index in [-0.39, 0.29) is 0 Å². The van der Waals surface area contributed by atoms with Gasteiger partial charge < -0.3 is 0 Å². The number of benzene rings is 1. The zero-order valence-corrected chi connectivity index (χ0v) is 13.5. The van der Waals surface area contributed by atoms with Crippen molar-refractivity contribution in [3.8, 4) is 0 Å². The quantitative estimate of drug-likeness (QED) is 0.762. The molecule has 0 aliphatic rings. The molecule has 0 amide bonds. The summed E-state index contributed by atoms with van der Waals surface area (Å²) in [5.41, 5.74) is 1.97. The van der Waals surface area contributed by atoms with Crippen LogP contribution >= 0.6 is 22.9 Å². The molecule has 2 aromatic rings. The van der Waals surface area contributed by atoms with E-state index >= 15 is 0 Å². The van der Waals surface area contributed by atoms with E-state index in [0.29, 0.717) is 23.1 Å². The Morgan fingerprint density at radius 1 is 1.20 bits per heavy atom. The highest BCUT2D eigenvalue weighted by Gasteiger charge is 2.22. The summed E-state index contributed by atoms with van der Waals surface area (Å²) < 4.78 is 26.5. The maximum absolute atomic E-state index is 12.4. The Morgan fingerprint density at radius 3 is 2.50 bits per heavy atom. The van der Waals surface area contributed by atoms with E-state index in [4.69, 9.17) is 11.6 Å². The summed E-state index contributed by atoms with van der Waals surface area (Å²) in [4.78, 5) is 0. The molecule has 1 heterocycles. The molecule has 1 aromatic carbocycles. The first-order chi connectivity index (χ1) is 9.54. The number of halogens is 1. The van der Waals surface area contributed by atoms with Gasteiger partial charge in [0.2, 0.25) is 0 Å². The molecule has 0 unspecified atom stereocenters. The minimum absolute atomic E-state index is 0.333. The van der Waals surface area contributed by atoms with Crippen molar-refractivity contribution >= 4 is 33.0 Å². The lowest BCUT2D eigenvalue weighted by atomic mass is 10.2. The van der Waals surface area contributed by atoms with E-state index in [1.165, 1.54) is 15.6 Å². The fraction of sp³-hybridized carbons (Fsp3) is 0.286. The molecule has 0 spiro atoms. The number of sulfonamides is 1. The van der Waals surface area contributed by atoms with Gasteiger partial charge in [-0.15, -0.1) is 22.9 Å².